The molecule has 6 nitrogen and oxygen atoms in total. The van der Waals surface area contributed by atoms with Crippen molar-refractivity contribution in [3.8, 4) is 0 Å². The molecule has 1 saturated heterocycles. The molecule has 0 radical (unpaired) electrons. The molecule has 2 N–H and O–H groups in total. The molecule has 0 bridgehead atoms. The molecule has 2 atom stereocenters. The Bertz CT molecular complexity index is 705. The zero-order valence-electron chi connectivity index (χ0n) is 13.1. The molecule has 1 aromatic carbocycles. The van der Waals surface area contributed by atoms with Gasteiger partial charge in [-0.15, -0.1) is 0 Å². The second kappa shape index (κ2) is 6.64. The van der Waals surface area contributed by atoms with Crippen molar-refractivity contribution >= 4 is 5.91 Å². The van der Waals surface area contributed by atoms with Gasteiger partial charge in [-0.25, -0.2) is 8.78 Å². The van der Waals surface area contributed by atoms with Gasteiger partial charge in [-0.3, -0.25) is 10.1 Å². The summed E-state index contributed by atoms with van der Waals surface area (Å²) in [6.07, 6.45) is 0.00997. The molecule has 1 amide bonds. The molecule has 24 heavy (non-hydrogen) atoms. The Morgan fingerprint density at radius 1 is 1.46 bits per heavy atom. The lowest BCUT2D eigenvalue weighted by atomic mass is 10.1. The fourth-order valence-corrected chi connectivity index (χ4v) is 2.57. The zero-order valence-corrected chi connectivity index (χ0v) is 13.1. The first-order valence-electron chi connectivity index (χ1n) is 7.71. The molecule has 1 aliphatic rings. The molecule has 8 heteroatoms. The summed E-state index contributed by atoms with van der Waals surface area (Å²) in [6.45, 7) is 1.19. The molecule has 1 aromatic heterocycles. The molecule has 2 heterocycles. The summed E-state index contributed by atoms with van der Waals surface area (Å²) >= 11 is 0. The van der Waals surface area contributed by atoms with Gasteiger partial charge in [0.2, 0.25) is 11.8 Å². The Hall–Kier alpha value is -2.35. The van der Waals surface area contributed by atoms with E-state index in [2.05, 4.69) is 20.8 Å². The van der Waals surface area contributed by atoms with Crippen LogP contribution in [0.25, 0.3) is 0 Å². The average Bonchev–Trinajstić information content (AvgIpc) is 3.15. The highest BCUT2D eigenvalue weighted by molar-refractivity contribution is 5.82. The maximum Gasteiger partial charge on any atom is 0.262 e. The van der Waals surface area contributed by atoms with E-state index >= 15 is 0 Å². The molecule has 0 saturated carbocycles. The summed E-state index contributed by atoms with van der Waals surface area (Å²) in [5, 5.41) is 9.02. The van der Waals surface area contributed by atoms with Crippen LogP contribution in [0.5, 0.6) is 0 Å². The average molecular weight is 336 g/mol. The second-order valence-electron chi connectivity index (χ2n) is 5.94. The summed E-state index contributed by atoms with van der Waals surface area (Å²) in [7, 11) is 0. The van der Waals surface area contributed by atoms with Crippen molar-refractivity contribution in [2.45, 2.75) is 37.8 Å². The number of amides is 1. The Morgan fingerprint density at radius 2 is 2.21 bits per heavy atom. The number of nitrogens with zero attached hydrogens (tertiary/aromatic N) is 2. The standard InChI is InChI=1S/C16H18F2N4O2/c1-10(20-14(23)12-8-16(17,18)9-19-12)15-21-13(22-24-15)7-11-5-3-2-4-6-11/h2-6,10,12,19H,7-9H2,1H3,(H,20,23). The van der Waals surface area contributed by atoms with Crippen molar-refractivity contribution in [1.82, 2.24) is 20.8 Å². The second-order valence-corrected chi connectivity index (χ2v) is 5.94. The monoisotopic (exact) mass is 336 g/mol. The lowest BCUT2D eigenvalue weighted by Crippen LogP contribution is -2.41. The predicted molar refractivity (Wildman–Crippen MR) is 81.5 cm³/mol. The lowest BCUT2D eigenvalue weighted by molar-refractivity contribution is -0.124. The van der Waals surface area contributed by atoms with Crippen molar-refractivity contribution in [2.75, 3.05) is 6.54 Å². The fourth-order valence-electron chi connectivity index (χ4n) is 2.57. The van der Waals surface area contributed by atoms with Gasteiger partial charge in [-0.2, -0.15) is 4.98 Å². The Labute approximate surface area is 137 Å². The van der Waals surface area contributed by atoms with Gasteiger partial charge in [-0.05, 0) is 12.5 Å². The minimum Gasteiger partial charge on any atom is -0.343 e. The molecule has 2 aromatic rings. The smallest absolute Gasteiger partial charge is 0.262 e. The van der Waals surface area contributed by atoms with Crippen molar-refractivity contribution in [1.29, 1.82) is 0 Å². The Kier molecular flexibility index (Phi) is 4.57. The van der Waals surface area contributed by atoms with Gasteiger partial charge in [0, 0.05) is 12.8 Å². The van der Waals surface area contributed by atoms with Crippen LogP contribution in [0.4, 0.5) is 8.78 Å². The van der Waals surface area contributed by atoms with Crippen LogP contribution in [0.3, 0.4) is 0 Å². The number of aromatic nitrogens is 2. The van der Waals surface area contributed by atoms with E-state index in [1.165, 1.54) is 0 Å². The number of alkyl halides is 2. The van der Waals surface area contributed by atoms with Gasteiger partial charge in [0.25, 0.3) is 5.92 Å². The van der Waals surface area contributed by atoms with Crippen molar-refractivity contribution in [3.63, 3.8) is 0 Å². The van der Waals surface area contributed by atoms with E-state index in [-0.39, 0.29) is 5.89 Å². The van der Waals surface area contributed by atoms with Gasteiger partial charge in [0.05, 0.1) is 12.6 Å². The van der Waals surface area contributed by atoms with Crippen LogP contribution in [0.15, 0.2) is 34.9 Å². The van der Waals surface area contributed by atoms with Crippen LogP contribution in [-0.4, -0.2) is 34.6 Å². The number of hydrogen-bond acceptors (Lipinski definition) is 5. The van der Waals surface area contributed by atoms with Crippen molar-refractivity contribution < 1.29 is 18.1 Å². The van der Waals surface area contributed by atoms with E-state index in [0.717, 1.165) is 5.56 Å². The topological polar surface area (TPSA) is 80.0 Å². The van der Waals surface area contributed by atoms with Gasteiger partial charge < -0.3 is 9.84 Å². The third-order valence-electron chi connectivity index (χ3n) is 3.84. The number of benzene rings is 1. The fraction of sp³-hybridized carbons (Fsp3) is 0.438. The number of carbonyl (C=O) groups excluding carboxylic acids is 1. The number of hydrogen-bond donors (Lipinski definition) is 2. The molecule has 128 valence electrons. The van der Waals surface area contributed by atoms with Gasteiger partial charge >= 0.3 is 0 Å². The number of halogens is 2. The molecule has 0 spiro atoms. The highest BCUT2D eigenvalue weighted by Gasteiger charge is 2.42. The van der Waals surface area contributed by atoms with E-state index in [9.17, 15) is 13.6 Å². The largest absolute Gasteiger partial charge is 0.343 e. The first-order valence-corrected chi connectivity index (χ1v) is 7.71. The van der Waals surface area contributed by atoms with E-state index in [1.54, 1.807) is 6.92 Å². The molecular formula is C16H18F2N4O2. The normalized spacial score (nSPS) is 20.7. The summed E-state index contributed by atoms with van der Waals surface area (Å²) in [5.74, 6) is -2.59. The van der Waals surface area contributed by atoms with Crippen LogP contribution >= 0.6 is 0 Å². The highest BCUT2D eigenvalue weighted by atomic mass is 19.3. The van der Waals surface area contributed by atoms with Gasteiger partial charge in [-0.1, -0.05) is 35.5 Å². The van der Waals surface area contributed by atoms with E-state index in [4.69, 9.17) is 4.52 Å². The zero-order chi connectivity index (χ0) is 17.2. The predicted octanol–water partition coefficient (Wildman–Crippen LogP) is 1.83. The Balaban J connectivity index is 1.58. The minimum absolute atomic E-state index is 0.249. The maximum absolute atomic E-state index is 13.1. The molecule has 1 aliphatic heterocycles. The molecule has 1 fully saturated rings. The minimum atomic E-state index is -2.85. The lowest BCUT2D eigenvalue weighted by Gasteiger charge is -2.14. The molecule has 2 unspecified atom stereocenters. The third-order valence-corrected chi connectivity index (χ3v) is 3.84. The maximum atomic E-state index is 13.1. The van der Waals surface area contributed by atoms with Crippen LogP contribution in [0, 0.1) is 0 Å². The van der Waals surface area contributed by atoms with Crippen molar-refractivity contribution in [2.24, 2.45) is 0 Å². The quantitative estimate of drug-likeness (QED) is 0.871. The van der Waals surface area contributed by atoms with E-state index in [1.807, 2.05) is 30.3 Å². The van der Waals surface area contributed by atoms with Gasteiger partial charge in [0.15, 0.2) is 5.82 Å². The van der Waals surface area contributed by atoms with Crippen LogP contribution in [0.2, 0.25) is 0 Å². The number of nitrogens with one attached hydrogen (secondary N) is 2. The molecule has 3 rings (SSSR count). The molecule has 0 aliphatic carbocycles. The van der Waals surface area contributed by atoms with E-state index < -0.39 is 36.9 Å². The van der Waals surface area contributed by atoms with Crippen LogP contribution < -0.4 is 10.6 Å². The summed E-state index contributed by atoms with van der Waals surface area (Å²) in [6, 6.07) is 8.20. The number of carbonyl (C=O) groups is 1. The molecular weight excluding hydrogens is 318 g/mol. The first kappa shape index (κ1) is 16.5. The summed E-state index contributed by atoms with van der Waals surface area (Å²) < 4.78 is 31.4. The first-order chi connectivity index (χ1) is 11.4. The number of rotatable bonds is 5. The van der Waals surface area contributed by atoms with Gasteiger partial charge in [0.1, 0.15) is 6.04 Å². The Morgan fingerprint density at radius 3 is 2.88 bits per heavy atom. The highest BCUT2D eigenvalue weighted by Crippen LogP contribution is 2.25. The third kappa shape index (κ3) is 3.94. The van der Waals surface area contributed by atoms with Crippen molar-refractivity contribution in [3.05, 3.63) is 47.6 Å². The summed E-state index contributed by atoms with van der Waals surface area (Å²) in [5.41, 5.74) is 1.04. The van der Waals surface area contributed by atoms with Crippen LogP contribution in [0.1, 0.15) is 36.7 Å². The van der Waals surface area contributed by atoms with Crippen LogP contribution in [-0.2, 0) is 11.2 Å². The summed E-state index contributed by atoms with van der Waals surface area (Å²) in [4.78, 5) is 16.3. The SMILES string of the molecule is CC(NC(=O)C1CC(F)(F)CN1)c1nc(Cc2ccccc2)no1. The van der Waals surface area contributed by atoms with E-state index in [0.29, 0.717) is 12.2 Å².